The summed E-state index contributed by atoms with van der Waals surface area (Å²) in [4.78, 5) is 23.5. The minimum absolute atomic E-state index is 0.353. The fourth-order valence-electron chi connectivity index (χ4n) is 2.06. The molecule has 8 nitrogen and oxygen atoms in total. The summed E-state index contributed by atoms with van der Waals surface area (Å²) in [6.07, 6.45) is -2.62. The lowest BCUT2D eigenvalue weighted by molar-refractivity contribution is -0.183. The number of carboxylic acid groups (broad SMARTS) is 1. The van der Waals surface area contributed by atoms with Crippen molar-refractivity contribution >= 4 is 11.9 Å². The van der Waals surface area contributed by atoms with Gasteiger partial charge in [-0.15, -0.1) is 0 Å². The normalized spacial score (nSPS) is 14.4. The van der Waals surface area contributed by atoms with Gasteiger partial charge in [0.15, 0.2) is 17.6 Å². The maximum absolute atomic E-state index is 12.4. The van der Waals surface area contributed by atoms with E-state index in [-0.39, 0.29) is 5.75 Å². The number of para-hydroxylation sites is 3. The number of hydrogen-bond donors (Lipinski definition) is 5. The number of aliphatic carboxylic acids is 1. The third-order valence-corrected chi connectivity index (χ3v) is 3.32. The van der Waals surface area contributed by atoms with E-state index >= 15 is 0 Å². The first-order valence-electron chi connectivity index (χ1n) is 6.70. The monoisotopic (exact) mass is 334 g/mol. The van der Waals surface area contributed by atoms with Crippen molar-refractivity contribution in [2.24, 2.45) is 0 Å². The molecule has 0 bridgehead atoms. The van der Waals surface area contributed by atoms with Crippen LogP contribution in [0.1, 0.15) is 5.56 Å². The molecule has 0 aromatic heterocycles. The van der Waals surface area contributed by atoms with Crippen LogP contribution in [0.2, 0.25) is 0 Å². The standard InChI is InChI=1S/C16H14O8/c17-10-6-2-1-5-9(10)16(23,13(19)14(20)21)15(22)24-12-8-4-3-7-11(12)18/h1-8,13,17-19,23H,(H,20,21). The van der Waals surface area contributed by atoms with E-state index < -0.39 is 40.7 Å². The predicted molar refractivity (Wildman–Crippen MR) is 79.4 cm³/mol. The Morgan fingerprint density at radius 2 is 1.50 bits per heavy atom. The third kappa shape index (κ3) is 3.00. The predicted octanol–water partition coefficient (Wildman–Crippen LogP) is 0.336. The number of aliphatic hydroxyl groups is 2. The van der Waals surface area contributed by atoms with Gasteiger partial charge in [-0.3, -0.25) is 0 Å². The summed E-state index contributed by atoms with van der Waals surface area (Å²) in [5.41, 5.74) is -3.65. The van der Waals surface area contributed by atoms with Crippen LogP contribution in [-0.2, 0) is 15.2 Å². The summed E-state index contributed by atoms with van der Waals surface area (Å²) in [5, 5.41) is 48.8. The number of phenolic OH excluding ortho intramolecular Hbond substituents is 2. The number of aromatic hydroxyl groups is 2. The van der Waals surface area contributed by atoms with Crippen molar-refractivity contribution in [3.8, 4) is 17.2 Å². The lowest BCUT2D eigenvalue weighted by Crippen LogP contribution is -2.52. The summed E-state index contributed by atoms with van der Waals surface area (Å²) >= 11 is 0. The van der Waals surface area contributed by atoms with Crippen LogP contribution in [0.15, 0.2) is 48.5 Å². The molecule has 0 saturated heterocycles. The second-order valence-electron chi connectivity index (χ2n) is 4.88. The summed E-state index contributed by atoms with van der Waals surface area (Å²) < 4.78 is 4.82. The molecule has 8 heteroatoms. The maximum atomic E-state index is 12.4. The molecule has 0 aliphatic rings. The molecule has 0 amide bonds. The van der Waals surface area contributed by atoms with Gasteiger partial charge in [-0.25, -0.2) is 9.59 Å². The molecule has 0 saturated carbocycles. The highest BCUT2D eigenvalue weighted by atomic mass is 16.6. The number of phenols is 2. The minimum atomic E-state index is -3.10. The molecular weight excluding hydrogens is 320 g/mol. The Labute approximate surface area is 135 Å². The zero-order chi connectivity index (χ0) is 17.9. The lowest BCUT2D eigenvalue weighted by atomic mass is 9.87. The molecule has 2 aromatic carbocycles. The first-order chi connectivity index (χ1) is 11.3. The summed E-state index contributed by atoms with van der Waals surface area (Å²) in [6, 6.07) is 10.1. The summed E-state index contributed by atoms with van der Waals surface area (Å²) in [5.74, 6) is -4.89. The van der Waals surface area contributed by atoms with Crippen LogP contribution in [-0.4, -0.2) is 43.6 Å². The van der Waals surface area contributed by atoms with Gasteiger partial charge in [0.25, 0.3) is 0 Å². The Bertz CT molecular complexity index is 772. The van der Waals surface area contributed by atoms with Crippen molar-refractivity contribution in [2.45, 2.75) is 11.7 Å². The van der Waals surface area contributed by atoms with Gasteiger partial charge in [0.1, 0.15) is 5.75 Å². The van der Waals surface area contributed by atoms with Gasteiger partial charge >= 0.3 is 11.9 Å². The Morgan fingerprint density at radius 1 is 0.958 bits per heavy atom. The van der Waals surface area contributed by atoms with Crippen LogP contribution in [0, 0.1) is 0 Å². The average molecular weight is 334 g/mol. The third-order valence-electron chi connectivity index (χ3n) is 3.32. The largest absolute Gasteiger partial charge is 0.508 e. The van der Waals surface area contributed by atoms with E-state index in [2.05, 4.69) is 0 Å². The number of esters is 1. The fraction of sp³-hybridized carbons (Fsp3) is 0.125. The molecule has 0 spiro atoms. The molecule has 0 aliphatic carbocycles. The number of aliphatic hydroxyl groups excluding tert-OH is 1. The molecular formula is C16H14O8. The zero-order valence-corrected chi connectivity index (χ0v) is 12.2. The topological polar surface area (TPSA) is 145 Å². The van der Waals surface area contributed by atoms with E-state index in [1.807, 2.05) is 0 Å². The van der Waals surface area contributed by atoms with Gasteiger partial charge in [-0.05, 0) is 18.2 Å². The molecule has 2 unspecified atom stereocenters. The van der Waals surface area contributed by atoms with E-state index in [1.165, 1.54) is 36.4 Å². The van der Waals surface area contributed by atoms with E-state index in [1.54, 1.807) is 0 Å². The molecule has 0 fully saturated rings. The van der Waals surface area contributed by atoms with Gasteiger partial charge in [-0.1, -0.05) is 30.3 Å². The van der Waals surface area contributed by atoms with Crippen molar-refractivity contribution in [3.63, 3.8) is 0 Å². The van der Waals surface area contributed by atoms with Crippen molar-refractivity contribution in [1.82, 2.24) is 0 Å². The van der Waals surface area contributed by atoms with Crippen LogP contribution in [0.25, 0.3) is 0 Å². The van der Waals surface area contributed by atoms with Gasteiger partial charge in [0, 0.05) is 5.56 Å². The van der Waals surface area contributed by atoms with Gasteiger partial charge in [-0.2, -0.15) is 0 Å². The van der Waals surface area contributed by atoms with Crippen LogP contribution < -0.4 is 4.74 Å². The molecule has 2 aromatic rings. The van der Waals surface area contributed by atoms with Crippen LogP contribution >= 0.6 is 0 Å². The lowest BCUT2D eigenvalue weighted by Gasteiger charge is -2.29. The number of ether oxygens (including phenoxy) is 1. The quantitative estimate of drug-likeness (QED) is 0.389. The minimum Gasteiger partial charge on any atom is -0.508 e. The first-order valence-corrected chi connectivity index (χ1v) is 6.70. The number of carbonyl (C=O) groups is 2. The SMILES string of the molecule is O=C(O)C(O)C(O)(C(=O)Oc1ccccc1O)c1ccccc1O. The number of hydrogen-bond acceptors (Lipinski definition) is 7. The second kappa shape index (κ2) is 6.57. The fourth-order valence-corrected chi connectivity index (χ4v) is 2.06. The van der Waals surface area contributed by atoms with Crippen molar-refractivity contribution in [2.75, 3.05) is 0 Å². The number of carbonyl (C=O) groups excluding carboxylic acids is 1. The van der Waals surface area contributed by atoms with Crippen LogP contribution in [0.3, 0.4) is 0 Å². The number of benzene rings is 2. The van der Waals surface area contributed by atoms with E-state index in [0.29, 0.717) is 0 Å². The van der Waals surface area contributed by atoms with Crippen molar-refractivity contribution in [3.05, 3.63) is 54.1 Å². The van der Waals surface area contributed by atoms with Gasteiger partial charge in [0.05, 0.1) is 0 Å². The highest BCUT2D eigenvalue weighted by Crippen LogP contribution is 2.35. The molecule has 0 aliphatic heterocycles. The first kappa shape index (κ1) is 17.3. The summed E-state index contributed by atoms with van der Waals surface area (Å²) in [7, 11) is 0. The molecule has 0 radical (unpaired) electrons. The van der Waals surface area contributed by atoms with Gasteiger partial charge in [0.2, 0.25) is 5.60 Å². The van der Waals surface area contributed by atoms with Gasteiger partial charge < -0.3 is 30.3 Å². The highest BCUT2D eigenvalue weighted by Gasteiger charge is 2.52. The maximum Gasteiger partial charge on any atom is 0.351 e. The number of rotatable bonds is 5. The Morgan fingerprint density at radius 3 is 2.04 bits per heavy atom. The molecule has 0 heterocycles. The summed E-state index contributed by atoms with van der Waals surface area (Å²) in [6.45, 7) is 0. The molecule has 5 N–H and O–H groups in total. The van der Waals surface area contributed by atoms with Crippen molar-refractivity contribution < 1.29 is 39.9 Å². The molecule has 24 heavy (non-hydrogen) atoms. The van der Waals surface area contributed by atoms with E-state index in [9.17, 15) is 30.0 Å². The van der Waals surface area contributed by atoms with Crippen LogP contribution in [0.5, 0.6) is 17.2 Å². The van der Waals surface area contributed by atoms with E-state index in [4.69, 9.17) is 9.84 Å². The molecule has 2 atom stereocenters. The molecule has 126 valence electrons. The Balaban J connectivity index is 2.51. The smallest absolute Gasteiger partial charge is 0.351 e. The van der Waals surface area contributed by atoms with Crippen molar-refractivity contribution in [1.29, 1.82) is 0 Å². The second-order valence-corrected chi connectivity index (χ2v) is 4.88. The Hall–Kier alpha value is -3.10. The van der Waals surface area contributed by atoms with Crippen LogP contribution in [0.4, 0.5) is 0 Å². The average Bonchev–Trinajstić information content (AvgIpc) is 2.55. The zero-order valence-electron chi connectivity index (χ0n) is 12.2. The Kier molecular flexibility index (Phi) is 4.72. The number of carboxylic acids is 1. The highest BCUT2D eigenvalue weighted by molar-refractivity contribution is 5.91. The molecule has 2 rings (SSSR count). The van der Waals surface area contributed by atoms with E-state index in [0.717, 1.165) is 12.1 Å².